The summed E-state index contributed by atoms with van der Waals surface area (Å²) in [6.07, 6.45) is 2.21. The third kappa shape index (κ3) is 7.37. The van der Waals surface area contributed by atoms with E-state index in [1.54, 1.807) is 6.92 Å². The number of ether oxygens (including phenoxy) is 1. The molecular formula is C12H24O2Si. The molecule has 0 amide bonds. The molecule has 0 atom stereocenters. The largest absolute Gasteiger partial charge is 0.462 e. The Balaban J connectivity index is 3.39. The van der Waals surface area contributed by atoms with Gasteiger partial charge in [0.15, 0.2) is 0 Å². The molecule has 0 saturated heterocycles. The fraction of sp³-hybridized carbons (Fsp3) is 0.750. The molecule has 0 aliphatic rings. The molecule has 0 heterocycles. The monoisotopic (exact) mass is 228 g/mol. The van der Waals surface area contributed by atoms with Gasteiger partial charge >= 0.3 is 5.97 Å². The van der Waals surface area contributed by atoms with Gasteiger partial charge < -0.3 is 4.74 Å². The smallest absolute Gasteiger partial charge is 0.333 e. The summed E-state index contributed by atoms with van der Waals surface area (Å²) in [7, 11) is -0.437. The first-order valence-electron chi connectivity index (χ1n) is 5.94. The standard InChI is InChI=1S/C12H24O2Si/c1-5-15(6-2)10-8-7-9-14-12(13)11(3)4/h15H,3,5-10H2,1-2,4H3. The van der Waals surface area contributed by atoms with E-state index in [0.29, 0.717) is 12.2 Å². The van der Waals surface area contributed by atoms with Crippen molar-refractivity contribution >= 4 is 14.8 Å². The van der Waals surface area contributed by atoms with Crippen molar-refractivity contribution in [3.63, 3.8) is 0 Å². The fourth-order valence-electron chi connectivity index (χ4n) is 1.52. The van der Waals surface area contributed by atoms with Crippen LogP contribution in [0.5, 0.6) is 0 Å². The Labute approximate surface area is 95.3 Å². The highest BCUT2D eigenvalue weighted by Gasteiger charge is 2.05. The molecule has 0 aliphatic heterocycles. The van der Waals surface area contributed by atoms with Crippen LogP contribution < -0.4 is 0 Å². The highest BCUT2D eigenvalue weighted by molar-refractivity contribution is 6.58. The lowest BCUT2D eigenvalue weighted by Gasteiger charge is -2.09. The van der Waals surface area contributed by atoms with Crippen LogP contribution in [0.3, 0.4) is 0 Å². The van der Waals surface area contributed by atoms with Crippen molar-refractivity contribution in [1.29, 1.82) is 0 Å². The zero-order valence-electron chi connectivity index (χ0n) is 10.3. The first-order valence-corrected chi connectivity index (χ1v) is 8.39. The Morgan fingerprint density at radius 3 is 2.33 bits per heavy atom. The third-order valence-corrected chi connectivity index (χ3v) is 6.28. The van der Waals surface area contributed by atoms with Gasteiger partial charge in [0.05, 0.1) is 6.61 Å². The van der Waals surface area contributed by atoms with Gasteiger partial charge in [-0.1, -0.05) is 45.0 Å². The van der Waals surface area contributed by atoms with Gasteiger partial charge in [-0.05, 0) is 13.3 Å². The van der Waals surface area contributed by atoms with Gasteiger partial charge in [0.2, 0.25) is 0 Å². The molecule has 0 bridgehead atoms. The summed E-state index contributed by atoms with van der Waals surface area (Å²) in [5.41, 5.74) is 0.490. The Kier molecular flexibility index (Phi) is 8.38. The minimum absolute atomic E-state index is 0.255. The number of rotatable bonds is 8. The van der Waals surface area contributed by atoms with E-state index in [-0.39, 0.29) is 5.97 Å². The molecule has 0 aromatic carbocycles. The summed E-state index contributed by atoms with van der Waals surface area (Å²) < 4.78 is 5.03. The summed E-state index contributed by atoms with van der Waals surface area (Å²) in [4.78, 5) is 11.0. The van der Waals surface area contributed by atoms with Crippen LogP contribution in [0.15, 0.2) is 12.2 Å². The third-order valence-electron chi connectivity index (χ3n) is 2.74. The molecular weight excluding hydrogens is 204 g/mol. The lowest BCUT2D eigenvalue weighted by Crippen LogP contribution is -2.10. The van der Waals surface area contributed by atoms with E-state index >= 15 is 0 Å². The Morgan fingerprint density at radius 1 is 1.27 bits per heavy atom. The van der Waals surface area contributed by atoms with Crippen molar-refractivity contribution in [3.8, 4) is 0 Å². The summed E-state index contributed by atoms with van der Waals surface area (Å²) in [5, 5.41) is 0. The van der Waals surface area contributed by atoms with Crippen molar-refractivity contribution in [2.45, 2.75) is 51.7 Å². The van der Waals surface area contributed by atoms with E-state index in [9.17, 15) is 4.79 Å². The van der Waals surface area contributed by atoms with Gasteiger partial charge in [0.1, 0.15) is 0 Å². The predicted octanol–water partition coefficient (Wildman–Crippen LogP) is 3.15. The van der Waals surface area contributed by atoms with E-state index in [0.717, 1.165) is 6.42 Å². The van der Waals surface area contributed by atoms with Gasteiger partial charge in [-0.3, -0.25) is 0 Å². The predicted molar refractivity (Wildman–Crippen MR) is 67.9 cm³/mol. The summed E-state index contributed by atoms with van der Waals surface area (Å²) in [6, 6.07) is 4.17. The topological polar surface area (TPSA) is 26.3 Å². The van der Waals surface area contributed by atoms with Crippen molar-refractivity contribution in [1.82, 2.24) is 0 Å². The van der Waals surface area contributed by atoms with Gasteiger partial charge in [0, 0.05) is 14.4 Å². The molecule has 0 aromatic rings. The van der Waals surface area contributed by atoms with Gasteiger partial charge in [-0.25, -0.2) is 4.79 Å². The highest BCUT2D eigenvalue weighted by Crippen LogP contribution is 2.09. The normalized spacial score (nSPS) is 10.4. The van der Waals surface area contributed by atoms with Crippen molar-refractivity contribution in [2.24, 2.45) is 0 Å². The second kappa shape index (κ2) is 8.71. The average Bonchev–Trinajstić information content (AvgIpc) is 2.23. The zero-order valence-corrected chi connectivity index (χ0v) is 11.5. The number of hydrogen-bond donors (Lipinski definition) is 0. The molecule has 3 heteroatoms. The Hall–Kier alpha value is -0.573. The van der Waals surface area contributed by atoms with E-state index in [1.807, 2.05) is 0 Å². The van der Waals surface area contributed by atoms with E-state index < -0.39 is 8.80 Å². The maximum Gasteiger partial charge on any atom is 0.333 e. The molecule has 0 spiro atoms. The molecule has 2 nitrogen and oxygen atoms in total. The molecule has 0 aromatic heterocycles. The van der Waals surface area contributed by atoms with Crippen LogP contribution in [-0.4, -0.2) is 21.4 Å². The zero-order chi connectivity index (χ0) is 11.7. The molecule has 0 rings (SSSR count). The maximum absolute atomic E-state index is 11.0. The van der Waals surface area contributed by atoms with Crippen LogP contribution in [0.4, 0.5) is 0 Å². The number of hydrogen-bond acceptors (Lipinski definition) is 2. The van der Waals surface area contributed by atoms with Gasteiger partial charge in [-0.2, -0.15) is 0 Å². The second-order valence-corrected chi connectivity index (χ2v) is 8.04. The highest BCUT2D eigenvalue weighted by atomic mass is 28.3. The molecule has 88 valence electrons. The number of unbranched alkanes of at least 4 members (excludes halogenated alkanes) is 1. The van der Waals surface area contributed by atoms with Crippen LogP contribution in [0.1, 0.15) is 33.6 Å². The molecule has 0 N–H and O–H groups in total. The van der Waals surface area contributed by atoms with E-state index in [4.69, 9.17) is 4.74 Å². The summed E-state index contributed by atoms with van der Waals surface area (Å²) in [5.74, 6) is -0.255. The lowest BCUT2D eigenvalue weighted by atomic mass is 10.3. The minimum atomic E-state index is -0.437. The average molecular weight is 228 g/mol. The van der Waals surface area contributed by atoms with Gasteiger partial charge in [0.25, 0.3) is 0 Å². The first kappa shape index (κ1) is 14.4. The molecule has 0 saturated carbocycles. The van der Waals surface area contributed by atoms with Crippen LogP contribution in [0.2, 0.25) is 18.1 Å². The second-order valence-electron chi connectivity index (χ2n) is 4.09. The number of carbonyl (C=O) groups excluding carboxylic acids is 1. The lowest BCUT2D eigenvalue weighted by molar-refractivity contribution is -0.139. The Morgan fingerprint density at radius 2 is 1.87 bits per heavy atom. The minimum Gasteiger partial charge on any atom is -0.462 e. The van der Waals surface area contributed by atoms with Crippen LogP contribution in [-0.2, 0) is 9.53 Å². The quantitative estimate of drug-likeness (QED) is 0.276. The number of carbonyl (C=O) groups is 1. The molecule has 0 fully saturated rings. The summed E-state index contributed by atoms with van der Waals surface area (Å²) in [6.45, 7) is 10.4. The van der Waals surface area contributed by atoms with Crippen molar-refractivity contribution in [2.75, 3.05) is 6.61 Å². The molecule has 15 heavy (non-hydrogen) atoms. The van der Waals surface area contributed by atoms with Crippen LogP contribution in [0.25, 0.3) is 0 Å². The SMILES string of the molecule is C=C(C)C(=O)OCCCC[SiH](CC)CC. The van der Waals surface area contributed by atoms with Crippen molar-refractivity contribution in [3.05, 3.63) is 12.2 Å². The fourth-order valence-corrected chi connectivity index (χ4v) is 3.78. The van der Waals surface area contributed by atoms with E-state index in [2.05, 4.69) is 20.4 Å². The van der Waals surface area contributed by atoms with Gasteiger partial charge in [-0.15, -0.1) is 0 Å². The molecule has 0 radical (unpaired) electrons. The first-order chi connectivity index (χ1) is 7.11. The van der Waals surface area contributed by atoms with E-state index in [1.165, 1.54) is 24.6 Å². The van der Waals surface area contributed by atoms with Crippen LogP contribution >= 0.6 is 0 Å². The Bertz CT molecular complexity index is 198. The summed E-state index contributed by atoms with van der Waals surface area (Å²) >= 11 is 0. The van der Waals surface area contributed by atoms with Crippen molar-refractivity contribution < 1.29 is 9.53 Å². The molecule has 0 unspecified atom stereocenters. The van der Waals surface area contributed by atoms with Crippen LogP contribution in [0, 0.1) is 0 Å². The maximum atomic E-state index is 11.0. The molecule has 0 aliphatic carbocycles. The number of esters is 1.